The van der Waals surface area contributed by atoms with E-state index in [2.05, 4.69) is 71.6 Å². The van der Waals surface area contributed by atoms with E-state index >= 15 is 0 Å². The maximum atomic E-state index is 9.86. The highest BCUT2D eigenvalue weighted by Gasteiger charge is 2.42. The first-order valence-corrected chi connectivity index (χ1v) is 15.0. The van der Waals surface area contributed by atoms with Crippen molar-refractivity contribution in [1.82, 2.24) is 14.9 Å². The Labute approximate surface area is 252 Å². The predicted octanol–water partition coefficient (Wildman–Crippen LogP) is 7.51. The van der Waals surface area contributed by atoms with Crippen molar-refractivity contribution in [2.75, 3.05) is 22.9 Å². The fraction of sp³-hybridized carbons (Fsp3) is 0.333. The summed E-state index contributed by atoms with van der Waals surface area (Å²) >= 11 is 13.0. The second kappa shape index (κ2) is 11.0. The number of hydrogen-bond acceptors (Lipinski definition) is 4. The van der Waals surface area contributed by atoms with E-state index in [0.29, 0.717) is 16.9 Å². The molecule has 2 aromatic heterocycles. The van der Waals surface area contributed by atoms with E-state index in [0.717, 1.165) is 57.8 Å². The molecule has 2 N–H and O–H groups in total. The topological polar surface area (TPSA) is 56.6 Å². The summed E-state index contributed by atoms with van der Waals surface area (Å²) < 4.78 is 2.22. The van der Waals surface area contributed by atoms with Gasteiger partial charge in [-0.05, 0) is 111 Å². The zero-order chi connectivity index (χ0) is 28.8. The largest absolute Gasteiger partial charge is 0.508 e. The van der Waals surface area contributed by atoms with Crippen molar-refractivity contribution >= 4 is 40.3 Å². The van der Waals surface area contributed by atoms with Crippen molar-refractivity contribution < 1.29 is 5.11 Å². The molecule has 6 nitrogen and oxygen atoms in total. The fourth-order valence-electron chi connectivity index (χ4n) is 6.80. The molecule has 212 valence electrons. The molecule has 2 aliphatic heterocycles. The summed E-state index contributed by atoms with van der Waals surface area (Å²) in [5.74, 6) is 1.52. The third-order valence-electron chi connectivity index (χ3n) is 8.41. The second-order valence-electron chi connectivity index (χ2n) is 11.7. The molecule has 4 aromatic rings. The summed E-state index contributed by atoms with van der Waals surface area (Å²) in [6, 6.07) is 21.6. The van der Waals surface area contributed by atoms with Gasteiger partial charge in [0.15, 0.2) is 5.11 Å². The highest BCUT2D eigenvalue weighted by atomic mass is 35.5. The third kappa shape index (κ3) is 5.17. The lowest BCUT2D eigenvalue weighted by molar-refractivity contribution is 0.357. The second-order valence-corrected chi connectivity index (χ2v) is 12.5. The number of aryl methyl sites for hydroxylation is 1. The summed E-state index contributed by atoms with van der Waals surface area (Å²) in [7, 11) is 0. The van der Waals surface area contributed by atoms with Crippen molar-refractivity contribution in [3.63, 3.8) is 0 Å². The maximum Gasteiger partial charge on any atom is 0.174 e. The van der Waals surface area contributed by atoms with E-state index < -0.39 is 0 Å². The molecule has 4 atom stereocenters. The number of aromatic hydroxyl groups is 1. The van der Waals surface area contributed by atoms with Crippen molar-refractivity contribution in [2.45, 2.75) is 46.2 Å². The lowest BCUT2D eigenvalue weighted by Crippen LogP contribution is -2.38. The van der Waals surface area contributed by atoms with Crippen LogP contribution in [-0.2, 0) is 0 Å². The number of anilines is 2. The molecule has 2 fully saturated rings. The molecule has 0 bridgehead atoms. The van der Waals surface area contributed by atoms with Crippen LogP contribution < -0.4 is 15.1 Å². The van der Waals surface area contributed by atoms with Crippen molar-refractivity contribution in [3.05, 3.63) is 101 Å². The minimum absolute atomic E-state index is 0.147. The summed E-state index contributed by atoms with van der Waals surface area (Å²) in [4.78, 5) is 9.33. The number of thiocarbonyl (C=S) groups is 1. The molecule has 2 aliphatic rings. The van der Waals surface area contributed by atoms with Gasteiger partial charge in [0.1, 0.15) is 5.75 Å². The van der Waals surface area contributed by atoms with Crippen LogP contribution >= 0.6 is 23.8 Å². The van der Waals surface area contributed by atoms with E-state index in [1.165, 1.54) is 6.42 Å². The van der Waals surface area contributed by atoms with Gasteiger partial charge in [-0.2, -0.15) is 0 Å². The first-order valence-electron chi connectivity index (χ1n) is 14.2. The fourth-order valence-corrected chi connectivity index (χ4v) is 7.44. The first kappa shape index (κ1) is 27.6. The molecule has 0 spiro atoms. The Bertz CT molecular complexity index is 1560. The van der Waals surface area contributed by atoms with Crippen LogP contribution in [0.25, 0.3) is 5.69 Å². The number of hydrogen-bond donors (Lipinski definition) is 2. The molecule has 2 aromatic carbocycles. The van der Waals surface area contributed by atoms with Crippen LogP contribution in [0, 0.1) is 25.7 Å². The quantitative estimate of drug-likeness (QED) is 0.236. The molecule has 4 heterocycles. The summed E-state index contributed by atoms with van der Waals surface area (Å²) in [6.45, 7) is 10.9. The van der Waals surface area contributed by atoms with Gasteiger partial charge in [-0.25, -0.2) is 0 Å². The molecule has 41 heavy (non-hydrogen) atoms. The number of phenols is 1. The molecular formula is C33H36ClN5OS. The zero-order valence-electron chi connectivity index (χ0n) is 23.9. The first-order chi connectivity index (χ1) is 19.7. The maximum absolute atomic E-state index is 9.86. The van der Waals surface area contributed by atoms with Gasteiger partial charge in [0.25, 0.3) is 0 Å². The van der Waals surface area contributed by atoms with Gasteiger partial charge in [-0.3, -0.25) is 4.98 Å². The van der Waals surface area contributed by atoms with Gasteiger partial charge in [0.05, 0.1) is 28.5 Å². The standard InChI is InChI=1S/C33H36ClN5OS/c1-20-15-21(2)19-37(18-20)30-13-10-25(17-28(30)34)39-32(31(36-33(39)41)29-7-5-6-14-35-29)27-16-22(3)38(23(27)4)24-8-11-26(40)12-9-24/h5-14,16-17,20-21,31-32,40H,15,18-19H2,1-4H3,(H,36,41)/t20-,21+,31-,32+/m0/s1. The number of nitrogens with zero attached hydrogens (tertiary/aromatic N) is 4. The summed E-state index contributed by atoms with van der Waals surface area (Å²) in [5, 5.41) is 14.8. The van der Waals surface area contributed by atoms with E-state index in [1.807, 2.05) is 36.5 Å². The molecule has 0 unspecified atom stereocenters. The third-order valence-corrected chi connectivity index (χ3v) is 9.03. The molecule has 0 radical (unpaired) electrons. The average Bonchev–Trinajstić information content (AvgIpc) is 3.44. The number of benzene rings is 2. The Morgan fingerprint density at radius 2 is 1.66 bits per heavy atom. The number of phenolic OH excluding ortho intramolecular Hbond substituents is 1. The number of aromatic nitrogens is 2. The Morgan fingerprint density at radius 3 is 2.32 bits per heavy atom. The predicted molar refractivity (Wildman–Crippen MR) is 171 cm³/mol. The molecule has 0 saturated carbocycles. The zero-order valence-corrected chi connectivity index (χ0v) is 25.5. The highest BCUT2D eigenvalue weighted by Crippen LogP contribution is 2.45. The van der Waals surface area contributed by atoms with Crippen LogP contribution in [-0.4, -0.2) is 32.9 Å². The van der Waals surface area contributed by atoms with Crippen molar-refractivity contribution in [1.29, 1.82) is 0 Å². The van der Waals surface area contributed by atoms with Gasteiger partial charge in [-0.1, -0.05) is 31.5 Å². The number of rotatable bonds is 5. The van der Waals surface area contributed by atoms with Gasteiger partial charge in [0, 0.05) is 42.0 Å². The van der Waals surface area contributed by atoms with Crippen molar-refractivity contribution in [2.24, 2.45) is 11.8 Å². The minimum Gasteiger partial charge on any atom is -0.508 e. The van der Waals surface area contributed by atoms with Crippen LogP contribution in [0.3, 0.4) is 0 Å². The summed E-state index contributed by atoms with van der Waals surface area (Å²) in [5.41, 5.74) is 7.31. The van der Waals surface area contributed by atoms with Crippen LogP contribution in [0.1, 0.15) is 55.0 Å². The molecule has 6 rings (SSSR count). The van der Waals surface area contributed by atoms with E-state index in [-0.39, 0.29) is 17.8 Å². The molecule has 0 amide bonds. The molecular weight excluding hydrogens is 550 g/mol. The number of piperidine rings is 1. The van der Waals surface area contributed by atoms with Gasteiger partial charge in [-0.15, -0.1) is 0 Å². The molecule has 2 saturated heterocycles. The van der Waals surface area contributed by atoms with Crippen LogP contribution in [0.15, 0.2) is 72.9 Å². The van der Waals surface area contributed by atoms with E-state index in [1.54, 1.807) is 12.1 Å². The number of halogens is 1. The average molecular weight is 586 g/mol. The van der Waals surface area contributed by atoms with Crippen LogP contribution in [0.4, 0.5) is 11.4 Å². The van der Waals surface area contributed by atoms with Crippen molar-refractivity contribution in [3.8, 4) is 11.4 Å². The lowest BCUT2D eigenvalue weighted by Gasteiger charge is -2.37. The van der Waals surface area contributed by atoms with Gasteiger partial charge < -0.3 is 24.8 Å². The van der Waals surface area contributed by atoms with Gasteiger partial charge >= 0.3 is 0 Å². The lowest BCUT2D eigenvalue weighted by atomic mass is 9.91. The normalized spacial score (nSPS) is 22.7. The SMILES string of the molecule is Cc1cc([C@@H]2[C@H](c3ccccn3)NC(=S)N2c2ccc(N3C[C@H](C)C[C@H](C)C3)c(Cl)c2)c(C)n1-c1ccc(O)cc1. The van der Waals surface area contributed by atoms with E-state index in [4.69, 9.17) is 28.8 Å². The Morgan fingerprint density at radius 1 is 0.951 bits per heavy atom. The smallest absolute Gasteiger partial charge is 0.174 e. The Kier molecular flexibility index (Phi) is 7.43. The minimum atomic E-state index is -0.153. The van der Waals surface area contributed by atoms with Crippen LogP contribution in [0.5, 0.6) is 5.75 Å². The monoisotopic (exact) mass is 585 g/mol. The Hall–Kier alpha value is -3.55. The Balaban J connectivity index is 1.44. The number of pyridine rings is 1. The summed E-state index contributed by atoms with van der Waals surface area (Å²) in [6.07, 6.45) is 3.07. The highest BCUT2D eigenvalue weighted by molar-refractivity contribution is 7.80. The molecule has 0 aliphatic carbocycles. The van der Waals surface area contributed by atoms with Gasteiger partial charge in [0.2, 0.25) is 0 Å². The number of nitrogens with one attached hydrogen (secondary N) is 1. The van der Waals surface area contributed by atoms with Crippen LogP contribution in [0.2, 0.25) is 5.02 Å². The van der Waals surface area contributed by atoms with E-state index in [9.17, 15) is 5.11 Å². The molecule has 8 heteroatoms.